The number of nitrogens with one attached hydrogen (secondary N) is 1. The summed E-state index contributed by atoms with van der Waals surface area (Å²) in [6, 6.07) is 3.28. The molecule has 1 aromatic rings. The topological polar surface area (TPSA) is 111 Å². The van der Waals surface area contributed by atoms with Gasteiger partial charge in [0.25, 0.3) is 5.69 Å². The van der Waals surface area contributed by atoms with Gasteiger partial charge in [0.15, 0.2) is 0 Å². The van der Waals surface area contributed by atoms with Crippen LogP contribution >= 0.6 is 0 Å². The molecule has 0 radical (unpaired) electrons. The first-order valence-corrected chi connectivity index (χ1v) is 9.44. The molecule has 9 heteroatoms. The van der Waals surface area contributed by atoms with Gasteiger partial charge in [-0.05, 0) is 6.07 Å². The minimum Gasteiger partial charge on any atom is -0.271 e. The van der Waals surface area contributed by atoms with E-state index in [0.717, 1.165) is 6.07 Å². The molecule has 0 aromatic heterocycles. The molecular formula is C12H14N4O4Si. The highest BCUT2D eigenvalue weighted by atomic mass is 28.3. The number of hydrogen-bond donors (Lipinski definition) is 1. The highest BCUT2D eigenvalue weighted by Crippen LogP contribution is 2.28. The molecule has 21 heavy (non-hydrogen) atoms. The highest BCUT2D eigenvalue weighted by molar-refractivity contribution is 6.84. The van der Waals surface area contributed by atoms with E-state index in [9.17, 15) is 20.2 Å². The van der Waals surface area contributed by atoms with Gasteiger partial charge < -0.3 is 0 Å². The zero-order chi connectivity index (χ0) is 16.0. The minimum atomic E-state index is -1.50. The van der Waals surface area contributed by atoms with Crippen molar-refractivity contribution in [2.45, 2.75) is 19.6 Å². The fourth-order valence-electron chi connectivity index (χ4n) is 1.26. The fourth-order valence-corrected chi connectivity index (χ4v) is 1.76. The quantitative estimate of drug-likeness (QED) is 0.302. The third-order valence-electron chi connectivity index (χ3n) is 2.15. The summed E-state index contributed by atoms with van der Waals surface area (Å²) in [6.45, 7) is 6.22. The molecule has 0 atom stereocenters. The largest absolute Gasteiger partial charge is 0.301 e. The van der Waals surface area contributed by atoms with Crippen LogP contribution in [-0.4, -0.2) is 24.1 Å². The van der Waals surface area contributed by atoms with E-state index < -0.39 is 23.6 Å². The number of anilines is 1. The van der Waals surface area contributed by atoms with E-state index in [2.05, 4.69) is 41.6 Å². The van der Waals surface area contributed by atoms with E-state index in [1.807, 2.05) is 0 Å². The molecule has 0 amide bonds. The van der Waals surface area contributed by atoms with E-state index >= 15 is 0 Å². The van der Waals surface area contributed by atoms with Crippen LogP contribution in [-0.2, 0) is 0 Å². The van der Waals surface area contributed by atoms with Crippen molar-refractivity contribution in [1.82, 2.24) is 0 Å². The lowest BCUT2D eigenvalue weighted by molar-refractivity contribution is -0.393. The molecule has 0 unspecified atom stereocenters. The molecule has 0 heterocycles. The Labute approximate surface area is 122 Å². The van der Waals surface area contributed by atoms with Crippen molar-refractivity contribution in [2.24, 2.45) is 5.10 Å². The van der Waals surface area contributed by atoms with Crippen LogP contribution in [0.3, 0.4) is 0 Å². The first kappa shape index (κ1) is 16.3. The van der Waals surface area contributed by atoms with Crippen molar-refractivity contribution >= 4 is 31.4 Å². The van der Waals surface area contributed by atoms with Gasteiger partial charge in [-0.1, -0.05) is 25.6 Å². The van der Waals surface area contributed by atoms with Crippen LogP contribution in [0.1, 0.15) is 0 Å². The number of benzene rings is 1. The van der Waals surface area contributed by atoms with E-state index in [1.54, 1.807) is 0 Å². The summed E-state index contributed by atoms with van der Waals surface area (Å²) in [5.41, 5.74) is 4.81. The van der Waals surface area contributed by atoms with Crippen molar-refractivity contribution in [1.29, 1.82) is 0 Å². The second-order valence-electron chi connectivity index (χ2n) is 5.11. The Morgan fingerprint density at radius 2 is 1.90 bits per heavy atom. The van der Waals surface area contributed by atoms with Gasteiger partial charge in [0.2, 0.25) is 0 Å². The Morgan fingerprint density at radius 3 is 2.43 bits per heavy atom. The molecule has 0 saturated heterocycles. The summed E-state index contributed by atoms with van der Waals surface area (Å²) in [6.07, 6.45) is 1.31. The van der Waals surface area contributed by atoms with Crippen LogP contribution in [0.25, 0.3) is 0 Å². The van der Waals surface area contributed by atoms with Crippen molar-refractivity contribution in [2.75, 3.05) is 5.43 Å². The summed E-state index contributed by atoms with van der Waals surface area (Å²) in [7, 11) is -1.50. The van der Waals surface area contributed by atoms with Crippen LogP contribution in [0.15, 0.2) is 23.3 Å². The van der Waals surface area contributed by atoms with Crippen molar-refractivity contribution < 1.29 is 9.85 Å². The monoisotopic (exact) mass is 306 g/mol. The maximum Gasteiger partial charge on any atom is 0.301 e. The van der Waals surface area contributed by atoms with Crippen LogP contribution in [0.4, 0.5) is 17.1 Å². The van der Waals surface area contributed by atoms with Crippen molar-refractivity contribution in [3.63, 3.8) is 0 Å². The molecule has 8 nitrogen and oxygen atoms in total. The predicted molar refractivity (Wildman–Crippen MR) is 83.0 cm³/mol. The SMILES string of the molecule is C[Si](C)(C)C#CC=NNc1ccc([N+](=O)[O-])cc1[N+](=O)[O-]. The van der Waals surface area contributed by atoms with Gasteiger partial charge in [-0.15, -0.1) is 5.54 Å². The van der Waals surface area contributed by atoms with E-state index in [0.29, 0.717) is 0 Å². The molecule has 0 aliphatic rings. The Kier molecular flexibility index (Phi) is 5.15. The second-order valence-corrected chi connectivity index (χ2v) is 9.86. The first-order valence-electron chi connectivity index (χ1n) is 5.94. The molecular weight excluding hydrogens is 292 g/mol. The van der Waals surface area contributed by atoms with Gasteiger partial charge in [0, 0.05) is 6.07 Å². The predicted octanol–water partition coefficient (Wildman–Crippen LogP) is 2.78. The van der Waals surface area contributed by atoms with E-state index in [4.69, 9.17) is 0 Å². The Balaban J connectivity index is 2.93. The number of nitrogens with zero attached hydrogens (tertiary/aromatic N) is 3. The van der Waals surface area contributed by atoms with Gasteiger partial charge in [0.05, 0.1) is 22.1 Å². The Morgan fingerprint density at radius 1 is 1.24 bits per heavy atom. The lowest BCUT2D eigenvalue weighted by Gasteiger charge is -2.02. The van der Waals surface area contributed by atoms with Gasteiger partial charge in [0.1, 0.15) is 13.8 Å². The van der Waals surface area contributed by atoms with Crippen LogP contribution < -0.4 is 5.43 Å². The van der Waals surface area contributed by atoms with E-state index in [1.165, 1.54) is 18.3 Å². The molecule has 1 aromatic carbocycles. The molecule has 0 aliphatic heterocycles. The second kappa shape index (κ2) is 6.62. The maximum absolute atomic E-state index is 10.9. The van der Waals surface area contributed by atoms with Crippen LogP contribution in [0, 0.1) is 31.7 Å². The standard InChI is InChI=1S/C12H14N4O4Si/c1-21(2,3)8-4-7-13-14-11-6-5-10(15(17)18)9-12(11)16(19)20/h5-7,9,14H,1-3H3. The third kappa shape index (κ3) is 5.41. The normalized spacial score (nSPS) is 10.8. The number of nitro groups is 2. The third-order valence-corrected chi connectivity index (χ3v) is 3.04. The highest BCUT2D eigenvalue weighted by Gasteiger charge is 2.18. The van der Waals surface area contributed by atoms with Crippen LogP contribution in [0.2, 0.25) is 19.6 Å². The lowest BCUT2D eigenvalue weighted by Crippen LogP contribution is -2.16. The number of non-ortho nitro benzene ring substituents is 1. The molecule has 0 aliphatic carbocycles. The van der Waals surface area contributed by atoms with Gasteiger partial charge >= 0.3 is 5.69 Å². The van der Waals surface area contributed by atoms with Gasteiger partial charge in [-0.3, -0.25) is 25.7 Å². The zero-order valence-electron chi connectivity index (χ0n) is 11.8. The van der Waals surface area contributed by atoms with Gasteiger partial charge in [-0.25, -0.2) is 0 Å². The fraction of sp³-hybridized carbons (Fsp3) is 0.250. The zero-order valence-corrected chi connectivity index (χ0v) is 12.8. The Hall–Kier alpha value is -2.73. The summed E-state index contributed by atoms with van der Waals surface area (Å²) < 4.78 is 0. The molecule has 1 N–H and O–H groups in total. The lowest BCUT2D eigenvalue weighted by atomic mass is 10.2. The molecule has 0 saturated carbocycles. The number of hydrogen-bond acceptors (Lipinski definition) is 6. The molecule has 0 spiro atoms. The van der Waals surface area contributed by atoms with E-state index in [-0.39, 0.29) is 11.4 Å². The Bertz CT molecular complexity index is 655. The summed E-state index contributed by atoms with van der Waals surface area (Å²) in [4.78, 5) is 20.1. The smallest absolute Gasteiger partial charge is 0.271 e. The summed E-state index contributed by atoms with van der Waals surface area (Å²) in [5.74, 6) is 2.75. The number of nitro benzene ring substituents is 2. The molecule has 0 bridgehead atoms. The average Bonchev–Trinajstić information content (AvgIpc) is 2.36. The molecule has 1 rings (SSSR count). The summed E-state index contributed by atoms with van der Waals surface area (Å²) >= 11 is 0. The molecule has 0 fully saturated rings. The van der Waals surface area contributed by atoms with Gasteiger partial charge in [-0.2, -0.15) is 5.10 Å². The van der Waals surface area contributed by atoms with Crippen molar-refractivity contribution in [3.8, 4) is 11.5 Å². The minimum absolute atomic E-state index is 0.0663. The maximum atomic E-state index is 10.9. The number of rotatable bonds is 4. The first-order chi connectivity index (χ1) is 9.70. The molecule has 110 valence electrons. The average molecular weight is 306 g/mol. The van der Waals surface area contributed by atoms with Crippen LogP contribution in [0.5, 0.6) is 0 Å². The number of hydrazone groups is 1. The van der Waals surface area contributed by atoms with Crippen molar-refractivity contribution in [3.05, 3.63) is 38.4 Å². The summed E-state index contributed by atoms with van der Waals surface area (Å²) in [5, 5.41) is 25.2.